The van der Waals surface area contributed by atoms with Gasteiger partial charge in [-0.25, -0.2) is 0 Å². The van der Waals surface area contributed by atoms with Crippen LogP contribution < -0.4 is 0 Å². The zero-order valence-corrected chi connectivity index (χ0v) is 8.33. The van der Waals surface area contributed by atoms with Crippen LogP contribution in [-0.2, 0) is 15.5 Å². The molecule has 2 unspecified atom stereocenters. The highest BCUT2D eigenvalue weighted by atomic mass is 32.2. The predicted octanol–water partition coefficient (Wildman–Crippen LogP) is -1.19. The minimum atomic E-state index is -0.636. The highest BCUT2D eigenvalue weighted by molar-refractivity contribution is 7.85. The van der Waals surface area contributed by atoms with Crippen LogP contribution in [0.15, 0.2) is 0 Å². The quantitative estimate of drug-likeness (QED) is 0.585. The number of ether oxygens (including phenoxy) is 1. The molecule has 2 aliphatic rings. The van der Waals surface area contributed by atoms with Crippen molar-refractivity contribution >= 4 is 10.8 Å². The van der Waals surface area contributed by atoms with Gasteiger partial charge in [-0.2, -0.15) is 0 Å². The van der Waals surface area contributed by atoms with Crippen LogP contribution in [0.25, 0.3) is 0 Å². The van der Waals surface area contributed by atoms with Crippen molar-refractivity contribution in [3.05, 3.63) is 0 Å². The van der Waals surface area contributed by atoms with Crippen LogP contribution in [0, 0.1) is 0 Å². The van der Waals surface area contributed by atoms with Gasteiger partial charge >= 0.3 is 0 Å². The van der Waals surface area contributed by atoms with Crippen LogP contribution in [0.4, 0.5) is 0 Å². The third-order valence-electron chi connectivity index (χ3n) is 2.70. The molecular formula is C8H15NO3S. The predicted molar refractivity (Wildman–Crippen MR) is 50.1 cm³/mol. The van der Waals surface area contributed by atoms with E-state index < -0.39 is 10.8 Å². The molecule has 0 amide bonds. The van der Waals surface area contributed by atoms with Crippen LogP contribution in [0.5, 0.6) is 0 Å². The minimum Gasteiger partial charge on any atom is -0.389 e. The van der Waals surface area contributed by atoms with E-state index in [1.54, 1.807) is 0 Å². The van der Waals surface area contributed by atoms with Crippen molar-refractivity contribution in [2.45, 2.75) is 12.1 Å². The third-order valence-corrected chi connectivity index (χ3v) is 3.98. The van der Waals surface area contributed by atoms with E-state index in [9.17, 15) is 9.32 Å². The smallest absolute Gasteiger partial charge is 0.0950 e. The van der Waals surface area contributed by atoms with Crippen molar-refractivity contribution in [1.29, 1.82) is 0 Å². The van der Waals surface area contributed by atoms with E-state index in [1.165, 1.54) is 0 Å². The van der Waals surface area contributed by atoms with Crippen molar-refractivity contribution in [3.63, 3.8) is 0 Å². The summed E-state index contributed by atoms with van der Waals surface area (Å²) in [6, 6.07) is 0.136. The first-order valence-corrected chi connectivity index (χ1v) is 6.11. The van der Waals surface area contributed by atoms with Gasteiger partial charge in [0.15, 0.2) is 0 Å². The first-order valence-electron chi connectivity index (χ1n) is 4.62. The molecule has 0 aromatic carbocycles. The number of rotatable bonds is 1. The Bertz CT molecular complexity index is 202. The van der Waals surface area contributed by atoms with Crippen molar-refractivity contribution in [1.82, 2.24) is 4.90 Å². The summed E-state index contributed by atoms with van der Waals surface area (Å²) < 4.78 is 16.3. The molecule has 0 bridgehead atoms. The first-order chi connectivity index (χ1) is 6.27. The van der Waals surface area contributed by atoms with Gasteiger partial charge < -0.3 is 9.84 Å². The molecule has 0 spiro atoms. The Kier molecular flexibility index (Phi) is 2.98. The van der Waals surface area contributed by atoms with Gasteiger partial charge in [0.1, 0.15) is 0 Å². The number of hydrogen-bond donors (Lipinski definition) is 1. The van der Waals surface area contributed by atoms with Crippen molar-refractivity contribution in [3.8, 4) is 0 Å². The molecule has 0 radical (unpaired) electrons. The molecule has 2 rings (SSSR count). The molecule has 76 valence electrons. The maximum absolute atomic E-state index is 11.1. The second-order valence-electron chi connectivity index (χ2n) is 3.56. The average molecular weight is 205 g/mol. The third kappa shape index (κ3) is 2.10. The Morgan fingerprint density at radius 1 is 1.31 bits per heavy atom. The van der Waals surface area contributed by atoms with E-state index >= 15 is 0 Å². The first kappa shape index (κ1) is 9.58. The van der Waals surface area contributed by atoms with Gasteiger partial charge in [-0.3, -0.25) is 9.11 Å². The Balaban J connectivity index is 1.90. The molecule has 2 atom stereocenters. The summed E-state index contributed by atoms with van der Waals surface area (Å²) in [5.41, 5.74) is 0. The number of aliphatic hydroxyl groups excluding tert-OH is 1. The van der Waals surface area contributed by atoms with Crippen molar-refractivity contribution in [2.75, 3.05) is 37.8 Å². The molecule has 0 aromatic rings. The molecule has 0 aliphatic carbocycles. The van der Waals surface area contributed by atoms with Gasteiger partial charge in [-0.1, -0.05) is 0 Å². The summed E-state index contributed by atoms with van der Waals surface area (Å²) in [7, 11) is -0.636. The lowest BCUT2D eigenvalue weighted by atomic mass is 10.2. The monoisotopic (exact) mass is 205 g/mol. The molecule has 2 heterocycles. The summed E-state index contributed by atoms with van der Waals surface area (Å²) in [6.07, 6.45) is -0.355. The normalized spacial score (nSPS) is 38.2. The molecular weight excluding hydrogens is 190 g/mol. The minimum absolute atomic E-state index is 0.136. The lowest BCUT2D eigenvalue weighted by Crippen LogP contribution is -2.49. The van der Waals surface area contributed by atoms with Crippen LogP contribution in [-0.4, -0.2) is 64.2 Å². The standard InChI is InChI=1S/C8H15NO3S/c10-8-6-12-5-7(8)9-1-3-13(11)4-2-9/h7-8,10H,1-6H2. The maximum Gasteiger partial charge on any atom is 0.0950 e. The number of nitrogens with zero attached hydrogens (tertiary/aromatic N) is 1. The second-order valence-corrected chi connectivity index (χ2v) is 5.25. The van der Waals surface area contributed by atoms with Crippen LogP contribution in [0.2, 0.25) is 0 Å². The largest absolute Gasteiger partial charge is 0.389 e. The highest BCUT2D eigenvalue weighted by Gasteiger charge is 2.33. The van der Waals surface area contributed by atoms with E-state index in [-0.39, 0.29) is 12.1 Å². The molecule has 4 nitrogen and oxygen atoms in total. The molecule has 5 heteroatoms. The molecule has 1 N–H and O–H groups in total. The number of hydrogen-bond acceptors (Lipinski definition) is 4. The fourth-order valence-electron chi connectivity index (χ4n) is 1.86. The molecule has 2 saturated heterocycles. The Hall–Kier alpha value is 0.0300. The zero-order valence-electron chi connectivity index (χ0n) is 7.52. The average Bonchev–Trinajstić information content (AvgIpc) is 2.53. The zero-order chi connectivity index (χ0) is 9.26. The SMILES string of the molecule is O=S1CCN(C2COCC2O)CC1. The van der Waals surface area contributed by atoms with E-state index in [2.05, 4.69) is 4.90 Å². The number of aliphatic hydroxyl groups is 1. The summed E-state index contributed by atoms with van der Waals surface area (Å²) >= 11 is 0. The highest BCUT2D eigenvalue weighted by Crippen LogP contribution is 2.15. The van der Waals surface area contributed by atoms with E-state index in [4.69, 9.17) is 4.74 Å². The van der Waals surface area contributed by atoms with Crippen LogP contribution >= 0.6 is 0 Å². The van der Waals surface area contributed by atoms with Crippen molar-refractivity contribution < 1.29 is 14.1 Å². The maximum atomic E-state index is 11.1. The Morgan fingerprint density at radius 2 is 2.00 bits per heavy atom. The molecule has 0 saturated carbocycles. The Morgan fingerprint density at radius 3 is 2.54 bits per heavy atom. The summed E-state index contributed by atoms with van der Waals surface area (Å²) in [6.45, 7) is 2.73. The van der Waals surface area contributed by atoms with Gasteiger partial charge in [0, 0.05) is 35.4 Å². The van der Waals surface area contributed by atoms with Crippen LogP contribution in [0.1, 0.15) is 0 Å². The molecule has 0 aromatic heterocycles. The van der Waals surface area contributed by atoms with Gasteiger partial charge in [-0.15, -0.1) is 0 Å². The molecule has 2 aliphatic heterocycles. The lowest BCUT2D eigenvalue weighted by molar-refractivity contribution is 0.0873. The van der Waals surface area contributed by atoms with E-state index in [0.717, 1.165) is 24.6 Å². The lowest BCUT2D eigenvalue weighted by Gasteiger charge is -2.32. The summed E-state index contributed by atoms with van der Waals surface area (Å²) in [5.74, 6) is 1.48. The second kappa shape index (κ2) is 4.04. The fourth-order valence-corrected chi connectivity index (χ4v) is 2.94. The van der Waals surface area contributed by atoms with Gasteiger partial charge in [-0.05, 0) is 0 Å². The van der Waals surface area contributed by atoms with Crippen LogP contribution in [0.3, 0.4) is 0 Å². The van der Waals surface area contributed by atoms with E-state index in [1.807, 2.05) is 0 Å². The molecule has 13 heavy (non-hydrogen) atoms. The summed E-state index contributed by atoms with van der Waals surface area (Å²) in [4.78, 5) is 2.19. The molecule has 2 fully saturated rings. The fraction of sp³-hybridized carbons (Fsp3) is 1.00. The van der Waals surface area contributed by atoms with Gasteiger partial charge in [0.2, 0.25) is 0 Å². The van der Waals surface area contributed by atoms with Gasteiger partial charge in [0.25, 0.3) is 0 Å². The summed E-state index contributed by atoms with van der Waals surface area (Å²) in [5, 5.41) is 9.56. The Labute approximate surface area is 80.3 Å². The van der Waals surface area contributed by atoms with Crippen molar-refractivity contribution in [2.24, 2.45) is 0 Å². The van der Waals surface area contributed by atoms with E-state index in [0.29, 0.717) is 13.2 Å². The topological polar surface area (TPSA) is 49.8 Å². The van der Waals surface area contributed by atoms with Gasteiger partial charge in [0.05, 0.1) is 25.4 Å².